The molecule has 2 aromatic carbocycles. The zero-order valence-corrected chi connectivity index (χ0v) is 13.7. The van der Waals surface area contributed by atoms with Crippen LogP contribution in [0.5, 0.6) is 0 Å². The van der Waals surface area contributed by atoms with Crippen LogP contribution in [0.1, 0.15) is 23.2 Å². The van der Waals surface area contributed by atoms with E-state index in [2.05, 4.69) is 20.8 Å². The molecule has 0 saturated carbocycles. The summed E-state index contributed by atoms with van der Waals surface area (Å²) in [7, 11) is 0. The van der Waals surface area contributed by atoms with Gasteiger partial charge in [-0.15, -0.1) is 0 Å². The van der Waals surface area contributed by atoms with E-state index in [0.717, 1.165) is 0 Å². The third kappa shape index (κ3) is 4.08. The molecule has 1 heterocycles. The first-order valence-corrected chi connectivity index (χ1v) is 7.61. The predicted molar refractivity (Wildman–Crippen MR) is 93.2 cm³/mol. The quantitative estimate of drug-likeness (QED) is 0.762. The first kappa shape index (κ1) is 16.4. The maximum Gasteiger partial charge on any atom is 0.255 e. The molecule has 0 spiro atoms. The second-order valence-electron chi connectivity index (χ2n) is 5.43. The SMILES string of the molecule is CC(=O)Nc1ccc(NC(=O)c2cccc(-c3noc(C)n3)c2)cc1. The molecule has 0 unspecified atom stereocenters. The predicted octanol–water partition coefficient (Wildman–Crippen LogP) is 3.26. The van der Waals surface area contributed by atoms with Crippen LogP contribution >= 0.6 is 0 Å². The highest BCUT2D eigenvalue weighted by Crippen LogP contribution is 2.19. The molecule has 3 rings (SSSR count). The fourth-order valence-electron chi connectivity index (χ4n) is 2.26. The molecule has 0 aliphatic carbocycles. The van der Waals surface area contributed by atoms with E-state index in [1.165, 1.54) is 6.92 Å². The normalized spacial score (nSPS) is 10.3. The monoisotopic (exact) mass is 336 g/mol. The molecule has 0 aliphatic rings. The zero-order valence-electron chi connectivity index (χ0n) is 13.7. The third-order valence-corrected chi connectivity index (χ3v) is 3.37. The molecule has 3 aromatic rings. The van der Waals surface area contributed by atoms with Gasteiger partial charge in [-0.05, 0) is 36.4 Å². The van der Waals surface area contributed by atoms with Crippen LogP contribution in [0.15, 0.2) is 53.1 Å². The number of carbonyl (C=O) groups excluding carboxylic acids is 2. The standard InChI is InChI=1S/C18H16N4O3/c1-11(23)19-15-6-8-16(9-7-15)21-18(24)14-5-3-4-13(10-14)17-20-12(2)25-22-17/h3-10H,1-2H3,(H,19,23)(H,21,24). The highest BCUT2D eigenvalue weighted by Gasteiger charge is 2.11. The minimum atomic E-state index is -0.255. The Kier molecular flexibility index (Phi) is 4.56. The Morgan fingerprint density at radius 3 is 2.28 bits per heavy atom. The smallest absolute Gasteiger partial charge is 0.255 e. The first-order chi connectivity index (χ1) is 12.0. The molecular weight excluding hydrogens is 320 g/mol. The van der Waals surface area contributed by atoms with Crippen molar-refractivity contribution >= 4 is 23.2 Å². The number of anilines is 2. The lowest BCUT2D eigenvalue weighted by Gasteiger charge is -2.07. The van der Waals surface area contributed by atoms with Crippen LogP contribution in [0, 0.1) is 6.92 Å². The number of aryl methyl sites for hydroxylation is 1. The van der Waals surface area contributed by atoms with Crippen LogP contribution in [0.4, 0.5) is 11.4 Å². The largest absolute Gasteiger partial charge is 0.339 e. The number of carbonyl (C=O) groups is 2. The van der Waals surface area contributed by atoms with Gasteiger partial charge in [0, 0.05) is 36.3 Å². The Labute approximate surface area is 144 Å². The lowest BCUT2D eigenvalue weighted by molar-refractivity contribution is -0.114. The molecular formula is C18H16N4O3. The van der Waals surface area contributed by atoms with Gasteiger partial charge in [-0.3, -0.25) is 9.59 Å². The molecule has 126 valence electrons. The molecule has 7 nitrogen and oxygen atoms in total. The zero-order chi connectivity index (χ0) is 17.8. The summed E-state index contributed by atoms with van der Waals surface area (Å²) in [4.78, 5) is 27.6. The molecule has 0 radical (unpaired) electrons. The molecule has 2 amide bonds. The Balaban J connectivity index is 1.74. The molecule has 0 bridgehead atoms. The number of nitrogens with one attached hydrogen (secondary N) is 2. The van der Waals surface area contributed by atoms with E-state index in [-0.39, 0.29) is 11.8 Å². The second kappa shape index (κ2) is 6.96. The summed E-state index contributed by atoms with van der Waals surface area (Å²) in [5.41, 5.74) is 2.47. The Morgan fingerprint density at radius 1 is 1.00 bits per heavy atom. The van der Waals surface area contributed by atoms with Crippen molar-refractivity contribution in [3.05, 3.63) is 60.0 Å². The van der Waals surface area contributed by atoms with Crippen molar-refractivity contribution in [1.29, 1.82) is 0 Å². The van der Waals surface area contributed by atoms with E-state index in [1.54, 1.807) is 49.4 Å². The van der Waals surface area contributed by atoms with Crippen molar-refractivity contribution in [1.82, 2.24) is 10.1 Å². The van der Waals surface area contributed by atoms with Gasteiger partial charge < -0.3 is 15.2 Å². The van der Waals surface area contributed by atoms with Crippen LogP contribution in [0.3, 0.4) is 0 Å². The molecule has 7 heteroatoms. The van der Waals surface area contributed by atoms with Gasteiger partial charge in [0.25, 0.3) is 5.91 Å². The van der Waals surface area contributed by atoms with Crippen LogP contribution in [0.25, 0.3) is 11.4 Å². The topological polar surface area (TPSA) is 97.1 Å². The minimum absolute atomic E-state index is 0.148. The van der Waals surface area contributed by atoms with E-state index < -0.39 is 0 Å². The van der Waals surface area contributed by atoms with Gasteiger partial charge in [-0.1, -0.05) is 17.3 Å². The average molecular weight is 336 g/mol. The molecule has 0 fully saturated rings. The van der Waals surface area contributed by atoms with E-state index in [4.69, 9.17) is 4.52 Å². The van der Waals surface area contributed by atoms with Crippen molar-refractivity contribution in [2.24, 2.45) is 0 Å². The van der Waals surface area contributed by atoms with E-state index >= 15 is 0 Å². The van der Waals surface area contributed by atoms with Crippen LogP contribution in [-0.2, 0) is 4.79 Å². The molecule has 0 aliphatic heterocycles. The summed E-state index contributed by atoms with van der Waals surface area (Å²) in [6, 6.07) is 13.8. The molecule has 25 heavy (non-hydrogen) atoms. The third-order valence-electron chi connectivity index (χ3n) is 3.37. The summed E-state index contributed by atoms with van der Waals surface area (Å²) < 4.78 is 4.96. The first-order valence-electron chi connectivity index (χ1n) is 7.61. The summed E-state index contributed by atoms with van der Waals surface area (Å²) >= 11 is 0. The van der Waals surface area contributed by atoms with Gasteiger partial charge in [0.05, 0.1) is 0 Å². The summed E-state index contributed by atoms with van der Waals surface area (Å²) in [5, 5.41) is 9.33. The average Bonchev–Trinajstić information content (AvgIpc) is 3.03. The number of nitrogens with zero attached hydrogens (tertiary/aromatic N) is 2. The maximum absolute atomic E-state index is 12.4. The van der Waals surface area contributed by atoms with Crippen molar-refractivity contribution in [3.8, 4) is 11.4 Å². The number of hydrogen-bond donors (Lipinski definition) is 2. The highest BCUT2D eigenvalue weighted by molar-refractivity contribution is 6.05. The fourth-order valence-corrected chi connectivity index (χ4v) is 2.26. The van der Waals surface area contributed by atoms with Gasteiger partial charge in [0.15, 0.2) is 0 Å². The Bertz CT molecular complexity index is 916. The number of rotatable bonds is 4. The van der Waals surface area contributed by atoms with Crippen LogP contribution < -0.4 is 10.6 Å². The number of aromatic nitrogens is 2. The van der Waals surface area contributed by atoms with E-state index in [1.807, 2.05) is 6.07 Å². The van der Waals surface area contributed by atoms with Gasteiger partial charge in [0.2, 0.25) is 17.6 Å². The van der Waals surface area contributed by atoms with Gasteiger partial charge in [0.1, 0.15) is 0 Å². The van der Waals surface area contributed by atoms with E-state index in [0.29, 0.717) is 34.2 Å². The summed E-state index contributed by atoms with van der Waals surface area (Å²) in [5.74, 6) is 0.496. The second-order valence-corrected chi connectivity index (χ2v) is 5.43. The molecule has 2 N–H and O–H groups in total. The lowest BCUT2D eigenvalue weighted by Crippen LogP contribution is -2.12. The van der Waals surface area contributed by atoms with Crippen LogP contribution in [-0.4, -0.2) is 22.0 Å². The van der Waals surface area contributed by atoms with Crippen molar-refractivity contribution in [2.75, 3.05) is 10.6 Å². The van der Waals surface area contributed by atoms with Crippen LogP contribution in [0.2, 0.25) is 0 Å². The highest BCUT2D eigenvalue weighted by atomic mass is 16.5. The summed E-state index contributed by atoms with van der Waals surface area (Å²) in [6.45, 7) is 3.14. The number of hydrogen-bond acceptors (Lipinski definition) is 5. The van der Waals surface area contributed by atoms with Crippen molar-refractivity contribution in [2.45, 2.75) is 13.8 Å². The molecule has 0 atom stereocenters. The minimum Gasteiger partial charge on any atom is -0.339 e. The van der Waals surface area contributed by atoms with Crippen molar-refractivity contribution in [3.63, 3.8) is 0 Å². The van der Waals surface area contributed by atoms with Gasteiger partial charge in [-0.25, -0.2) is 0 Å². The maximum atomic E-state index is 12.4. The fraction of sp³-hybridized carbons (Fsp3) is 0.111. The Hall–Kier alpha value is -3.48. The number of amides is 2. The number of benzene rings is 2. The lowest BCUT2D eigenvalue weighted by atomic mass is 10.1. The Morgan fingerprint density at radius 2 is 1.68 bits per heavy atom. The van der Waals surface area contributed by atoms with E-state index in [9.17, 15) is 9.59 Å². The molecule has 0 saturated heterocycles. The van der Waals surface area contributed by atoms with Gasteiger partial charge in [-0.2, -0.15) is 4.98 Å². The summed E-state index contributed by atoms with van der Waals surface area (Å²) in [6.07, 6.45) is 0. The molecule has 1 aromatic heterocycles. The van der Waals surface area contributed by atoms with Gasteiger partial charge >= 0.3 is 0 Å². The van der Waals surface area contributed by atoms with Crippen molar-refractivity contribution < 1.29 is 14.1 Å².